The third-order valence-electron chi connectivity index (χ3n) is 3.27. The summed E-state index contributed by atoms with van der Waals surface area (Å²) in [7, 11) is 0. The highest BCUT2D eigenvalue weighted by Crippen LogP contribution is 2.24. The molecule has 0 aromatic rings. The zero-order valence-electron chi connectivity index (χ0n) is 12.2. The van der Waals surface area contributed by atoms with Crippen LogP contribution in [0, 0.1) is 17.3 Å². The van der Waals surface area contributed by atoms with Gasteiger partial charge in [0.1, 0.15) is 6.04 Å². The smallest absolute Gasteiger partial charge is 0.326 e. The third kappa shape index (κ3) is 5.89. The molecule has 0 radical (unpaired) electrons. The highest BCUT2D eigenvalue weighted by atomic mass is 16.4. The monoisotopic (exact) mass is 258 g/mol. The van der Waals surface area contributed by atoms with Crippen molar-refractivity contribution in [2.45, 2.75) is 47.6 Å². The zero-order valence-corrected chi connectivity index (χ0v) is 12.2. The van der Waals surface area contributed by atoms with Crippen molar-refractivity contribution in [3.63, 3.8) is 0 Å². The summed E-state index contributed by atoms with van der Waals surface area (Å²) < 4.78 is 0. The van der Waals surface area contributed by atoms with Crippen LogP contribution in [-0.4, -0.2) is 29.7 Å². The van der Waals surface area contributed by atoms with E-state index in [1.165, 1.54) is 0 Å². The molecule has 0 aromatic carbocycles. The minimum atomic E-state index is -1.01. The van der Waals surface area contributed by atoms with Crippen molar-refractivity contribution in [2.75, 3.05) is 6.54 Å². The van der Waals surface area contributed by atoms with Gasteiger partial charge < -0.3 is 15.7 Å². The van der Waals surface area contributed by atoms with Gasteiger partial charge in [0.15, 0.2) is 0 Å². The van der Waals surface area contributed by atoms with Gasteiger partial charge in [-0.2, -0.15) is 0 Å². The second kappa shape index (κ2) is 6.61. The lowest BCUT2D eigenvalue weighted by molar-refractivity contribution is -0.140. The molecule has 1 unspecified atom stereocenters. The summed E-state index contributed by atoms with van der Waals surface area (Å²) in [6.07, 6.45) is 0. The Morgan fingerprint density at radius 3 is 2.00 bits per heavy atom. The van der Waals surface area contributed by atoms with Gasteiger partial charge in [0.2, 0.25) is 0 Å². The normalized spacial score (nSPS) is 15.1. The Morgan fingerprint density at radius 1 is 1.17 bits per heavy atom. The summed E-state index contributed by atoms with van der Waals surface area (Å²) in [4.78, 5) is 22.5. The molecular formula is C13H26N2O3. The van der Waals surface area contributed by atoms with Gasteiger partial charge in [-0.15, -0.1) is 0 Å². The Bertz CT molecular complexity index is 295. The second-order valence-corrected chi connectivity index (χ2v) is 6.18. The minimum absolute atomic E-state index is 0.109. The number of aliphatic carboxylic acids is 1. The van der Waals surface area contributed by atoms with Gasteiger partial charge in [-0.1, -0.05) is 41.5 Å². The summed E-state index contributed by atoms with van der Waals surface area (Å²) >= 11 is 0. The Hall–Kier alpha value is -1.26. The number of carbonyl (C=O) groups is 2. The van der Waals surface area contributed by atoms with Gasteiger partial charge in [-0.3, -0.25) is 0 Å². The lowest BCUT2D eigenvalue weighted by Gasteiger charge is -2.27. The molecule has 0 saturated carbocycles. The van der Waals surface area contributed by atoms with E-state index in [0.29, 0.717) is 12.5 Å². The predicted molar refractivity (Wildman–Crippen MR) is 71.4 cm³/mol. The number of carbonyl (C=O) groups excluding carboxylic acids is 1. The topological polar surface area (TPSA) is 78.4 Å². The van der Waals surface area contributed by atoms with E-state index in [-0.39, 0.29) is 11.3 Å². The summed E-state index contributed by atoms with van der Waals surface area (Å²) in [5, 5.41) is 14.1. The van der Waals surface area contributed by atoms with Gasteiger partial charge in [0.05, 0.1) is 0 Å². The van der Waals surface area contributed by atoms with Crippen molar-refractivity contribution >= 4 is 12.0 Å². The first-order valence-corrected chi connectivity index (χ1v) is 6.33. The first kappa shape index (κ1) is 16.7. The fraction of sp³-hybridized carbons (Fsp3) is 0.846. The zero-order chi connectivity index (χ0) is 14.5. The van der Waals surface area contributed by atoms with Crippen molar-refractivity contribution in [1.29, 1.82) is 0 Å². The Kier molecular flexibility index (Phi) is 6.15. The van der Waals surface area contributed by atoms with E-state index >= 15 is 0 Å². The average molecular weight is 258 g/mol. The molecule has 3 N–H and O–H groups in total. The summed E-state index contributed by atoms with van der Waals surface area (Å²) in [5.41, 5.74) is 0.109. The van der Waals surface area contributed by atoms with Crippen molar-refractivity contribution in [2.24, 2.45) is 17.3 Å². The quantitative estimate of drug-likeness (QED) is 0.706. The van der Waals surface area contributed by atoms with E-state index < -0.39 is 18.0 Å². The number of hydrogen-bond donors (Lipinski definition) is 3. The summed E-state index contributed by atoms with van der Waals surface area (Å²) in [6.45, 7) is 12.4. The largest absolute Gasteiger partial charge is 0.480 e. The predicted octanol–water partition coefficient (Wildman–Crippen LogP) is 2.08. The van der Waals surface area contributed by atoms with Gasteiger partial charge in [0, 0.05) is 6.54 Å². The number of hydrogen-bond acceptors (Lipinski definition) is 2. The number of carboxylic acids is 1. The molecule has 0 fully saturated rings. The number of rotatable bonds is 5. The highest BCUT2D eigenvalue weighted by molar-refractivity contribution is 5.82. The molecule has 0 rings (SSSR count). The number of urea groups is 1. The van der Waals surface area contributed by atoms with E-state index in [2.05, 4.69) is 38.3 Å². The molecule has 0 aliphatic carbocycles. The van der Waals surface area contributed by atoms with Crippen molar-refractivity contribution in [3.8, 4) is 0 Å². The van der Waals surface area contributed by atoms with Gasteiger partial charge >= 0.3 is 12.0 Å². The molecule has 0 aliphatic rings. The van der Waals surface area contributed by atoms with E-state index in [1.807, 2.05) is 0 Å². The molecule has 18 heavy (non-hydrogen) atoms. The molecule has 2 atom stereocenters. The van der Waals surface area contributed by atoms with Crippen LogP contribution < -0.4 is 10.6 Å². The molecule has 0 spiro atoms. The van der Waals surface area contributed by atoms with Crippen molar-refractivity contribution in [3.05, 3.63) is 0 Å². The van der Waals surface area contributed by atoms with Crippen LogP contribution in [0.1, 0.15) is 41.5 Å². The molecule has 5 heteroatoms. The van der Waals surface area contributed by atoms with Crippen LogP contribution in [0.3, 0.4) is 0 Å². The molecule has 0 bridgehead atoms. The standard InChI is InChI=1S/C13H26N2O3/c1-8(2)10(11(16)17)15-12(18)14-7-9(3)13(4,5)6/h8-10H,7H2,1-6H3,(H,16,17)(H2,14,15,18)/t9?,10-/m1/s1. The molecule has 0 heterocycles. The molecule has 0 aromatic heterocycles. The Labute approximate surface area is 109 Å². The SMILES string of the molecule is CC(C)[C@@H](NC(=O)NCC(C)C(C)(C)C)C(=O)O. The van der Waals surface area contributed by atoms with E-state index in [9.17, 15) is 9.59 Å². The number of carboxylic acid groups (broad SMARTS) is 1. The van der Waals surface area contributed by atoms with Crippen LogP contribution in [-0.2, 0) is 4.79 Å². The summed E-state index contributed by atoms with van der Waals surface area (Å²) in [5.74, 6) is -0.845. The third-order valence-corrected chi connectivity index (χ3v) is 3.27. The van der Waals surface area contributed by atoms with Gasteiger partial charge in [-0.25, -0.2) is 9.59 Å². The Morgan fingerprint density at radius 2 is 1.67 bits per heavy atom. The van der Waals surface area contributed by atoms with Gasteiger partial charge in [-0.05, 0) is 17.3 Å². The number of nitrogens with one attached hydrogen (secondary N) is 2. The molecular weight excluding hydrogens is 232 g/mol. The minimum Gasteiger partial charge on any atom is -0.480 e. The maximum atomic E-state index is 11.6. The number of amides is 2. The fourth-order valence-corrected chi connectivity index (χ4v) is 1.26. The molecule has 106 valence electrons. The van der Waals surface area contributed by atoms with Crippen molar-refractivity contribution < 1.29 is 14.7 Å². The lowest BCUT2D eigenvalue weighted by Crippen LogP contribution is -2.49. The first-order valence-electron chi connectivity index (χ1n) is 6.33. The van der Waals surface area contributed by atoms with Crippen LogP contribution >= 0.6 is 0 Å². The average Bonchev–Trinajstić information content (AvgIpc) is 2.19. The van der Waals surface area contributed by atoms with Gasteiger partial charge in [0.25, 0.3) is 0 Å². The van der Waals surface area contributed by atoms with Crippen LogP contribution in [0.25, 0.3) is 0 Å². The second-order valence-electron chi connectivity index (χ2n) is 6.18. The summed E-state index contributed by atoms with van der Waals surface area (Å²) in [6, 6.07) is -1.28. The molecule has 0 saturated heterocycles. The van der Waals surface area contributed by atoms with E-state index in [0.717, 1.165) is 0 Å². The first-order chi connectivity index (χ1) is 8.05. The van der Waals surface area contributed by atoms with E-state index in [4.69, 9.17) is 5.11 Å². The van der Waals surface area contributed by atoms with E-state index in [1.54, 1.807) is 13.8 Å². The van der Waals surface area contributed by atoms with Crippen LogP contribution in [0.5, 0.6) is 0 Å². The Balaban J connectivity index is 4.23. The lowest BCUT2D eigenvalue weighted by atomic mass is 9.82. The van der Waals surface area contributed by atoms with Crippen LogP contribution in [0.2, 0.25) is 0 Å². The maximum absolute atomic E-state index is 11.6. The molecule has 0 aliphatic heterocycles. The highest BCUT2D eigenvalue weighted by Gasteiger charge is 2.24. The maximum Gasteiger partial charge on any atom is 0.326 e. The molecule has 5 nitrogen and oxygen atoms in total. The van der Waals surface area contributed by atoms with Crippen LogP contribution in [0.4, 0.5) is 4.79 Å². The van der Waals surface area contributed by atoms with Crippen LogP contribution in [0.15, 0.2) is 0 Å². The van der Waals surface area contributed by atoms with Crippen molar-refractivity contribution in [1.82, 2.24) is 10.6 Å². The fourth-order valence-electron chi connectivity index (χ4n) is 1.26. The molecule has 2 amide bonds.